The van der Waals surface area contributed by atoms with Gasteiger partial charge in [-0.2, -0.15) is 0 Å². The van der Waals surface area contributed by atoms with E-state index in [9.17, 15) is 4.79 Å². The van der Waals surface area contributed by atoms with Gasteiger partial charge in [0.15, 0.2) is 5.43 Å². The summed E-state index contributed by atoms with van der Waals surface area (Å²) in [5.41, 5.74) is 2.56. The van der Waals surface area contributed by atoms with Crippen molar-refractivity contribution in [1.29, 1.82) is 0 Å². The smallest absolute Gasteiger partial charge is 0.197 e. The highest BCUT2D eigenvalue weighted by Gasteiger charge is 2.11. The molecule has 0 N–H and O–H groups in total. The summed E-state index contributed by atoms with van der Waals surface area (Å²) in [6.07, 6.45) is 6.73. The first-order chi connectivity index (χ1) is 10.4. The van der Waals surface area contributed by atoms with E-state index < -0.39 is 0 Å². The Kier molecular flexibility index (Phi) is 2.54. The molecular weight excluding hydrogens is 262 g/mol. The molecule has 0 aliphatic rings. The molecule has 100 valence electrons. The maximum Gasteiger partial charge on any atom is 0.197 e. The summed E-state index contributed by atoms with van der Waals surface area (Å²) >= 11 is 0. The van der Waals surface area contributed by atoms with E-state index in [1.54, 1.807) is 36.9 Å². The van der Waals surface area contributed by atoms with E-state index in [1.165, 1.54) is 0 Å². The largest absolute Gasteiger partial charge is 0.306 e. The van der Waals surface area contributed by atoms with Gasteiger partial charge in [0.2, 0.25) is 0 Å². The van der Waals surface area contributed by atoms with Gasteiger partial charge < -0.3 is 4.57 Å². The molecule has 0 bridgehead atoms. The minimum Gasteiger partial charge on any atom is -0.306 e. The van der Waals surface area contributed by atoms with E-state index in [4.69, 9.17) is 0 Å². The monoisotopic (exact) mass is 273 g/mol. The molecule has 0 amide bonds. The van der Waals surface area contributed by atoms with Crippen LogP contribution in [-0.4, -0.2) is 14.5 Å². The molecule has 0 atom stereocenters. The molecule has 0 aliphatic heterocycles. The Morgan fingerprint density at radius 1 is 0.762 bits per heavy atom. The lowest BCUT2D eigenvalue weighted by molar-refractivity contribution is 1.13. The Morgan fingerprint density at radius 2 is 1.33 bits per heavy atom. The van der Waals surface area contributed by atoms with E-state index in [0.29, 0.717) is 10.8 Å². The van der Waals surface area contributed by atoms with Crippen LogP contribution in [0.4, 0.5) is 0 Å². The molecule has 0 saturated carbocycles. The number of benzene rings is 1. The van der Waals surface area contributed by atoms with Gasteiger partial charge in [-0.3, -0.25) is 14.8 Å². The molecule has 0 aliphatic carbocycles. The van der Waals surface area contributed by atoms with Gasteiger partial charge in [-0.05, 0) is 24.3 Å². The molecular formula is C17H11N3O. The van der Waals surface area contributed by atoms with Crippen LogP contribution in [0.2, 0.25) is 0 Å². The number of para-hydroxylation sites is 1. The zero-order valence-electron chi connectivity index (χ0n) is 11.1. The summed E-state index contributed by atoms with van der Waals surface area (Å²) in [6.45, 7) is 0. The number of hydrogen-bond donors (Lipinski definition) is 0. The molecule has 4 rings (SSSR count). The van der Waals surface area contributed by atoms with Crippen LogP contribution in [0, 0.1) is 0 Å². The zero-order valence-corrected chi connectivity index (χ0v) is 11.1. The quantitative estimate of drug-likeness (QED) is 0.501. The lowest BCUT2D eigenvalue weighted by Crippen LogP contribution is -2.10. The topological polar surface area (TPSA) is 47.8 Å². The van der Waals surface area contributed by atoms with Crippen molar-refractivity contribution >= 4 is 21.8 Å². The second-order valence-electron chi connectivity index (χ2n) is 4.79. The molecule has 0 spiro atoms. The van der Waals surface area contributed by atoms with Crippen LogP contribution in [0.15, 0.2) is 72.0 Å². The van der Waals surface area contributed by atoms with Crippen LogP contribution < -0.4 is 5.43 Å². The Labute approximate surface area is 120 Å². The number of rotatable bonds is 1. The van der Waals surface area contributed by atoms with Crippen LogP contribution in [0.25, 0.3) is 27.5 Å². The fourth-order valence-corrected chi connectivity index (χ4v) is 2.64. The third-order valence-corrected chi connectivity index (χ3v) is 3.59. The second kappa shape index (κ2) is 4.52. The summed E-state index contributed by atoms with van der Waals surface area (Å²) in [6, 6.07) is 13.4. The standard InChI is InChI=1S/C17H11N3O/c21-17-13-6-8-18-10-15(13)20(12-4-2-1-3-5-12)16-11-19-9-7-14(16)17/h1-11H. The van der Waals surface area contributed by atoms with E-state index in [-0.39, 0.29) is 5.43 Å². The summed E-state index contributed by atoms with van der Waals surface area (Å²) < 4.78 is 2.02. The van der Waals surface area contributed by atoms with Crippen molar-refractivity contribution in [1.82, 2.24) is 14.5 Å². The maximum atomic E-state index is 12.6. The van der Waals surface area contributed by atoms with E-state index >= 15 is 0 Å². The molecule has 4 heteroatoms. The zero-order chi connectivity index (χ0) is 14.2. The van der Waals surface area contributed by atoms with Crippen molar-refractivity contribution in [2.45, 2.75) is 0 Å². The number of nitrogens with zero attached hydrogens (tertiary/aromatic N) is 3. The third-order valence-electron chi connectivity index (χ3n) is 3.59. The lowest BCUT2D eigenvalue weighted by atomic mass is 10.1. The van der Waals surface area contributed by atoms with Crippen molar-refractivity contribution in [3.63, 3.8) is 0 Å². The van der Waals surface area contributed by atoms with Gasteiger partial charge in [-0.15, -0.1) is 0 Å². The van der Waals surface area contributed by atoms with Gasteiger partial charge in [0.05, 0.1) is 23.4 Å². The van der Waals surface area contributed by atoms with Crippen LogP contribution in [0.3, 0.4) is 0 Å². The molecule has 0 radical (unpaired) electrons. The van der Waals surface area contributed by atoms with E-state index in [1.807, 2.05) is 34.9 Å². The predicted molar refractivity (Wildman–Crippen MR) is 82.6 cm³/mol. The average Bonchev–Trinajstić information content (AvgIpc) is 2.56. The molecule has 0 fully saturated rings. The molecule has 4 aromatic rings. The Bertz CT molecular complexity index is 947. The van der Waals surface area contributed by atoms with Gasteiger partial charge in [0, 0.05) is 28.9 Å². The second-order valence-corrected chi connectivity index (χ2v) is 4.79. The first-order valence-electron chi connectivity index (χ1n) is 6.64. The number of fused-ring (bicyclic) bond motifs is 2. The molecule has 4 nitrogen and oxygen atoms in total. The van der Waals surface area contributed by atoms with Gasteiger partial charge in [0.1, 0.15) is 0 Å². The van der Waals surface area contributed by atoms with Crippen molar-refractivity contribution in [2.24, 2.45) is 0 Å². The summed E-state index contributed by atoms with van der Waals surface area (Å²) in [5, 5.41) is 1.32. The van der Waals surface area contributed by atoms with Crippen LogP contribution in [0.1, 0.15) is 0 Å². The molecule has 3 heterocycles. The number of pyridine rings is 3. The third kappa shape index (κ3) is 1.73. The molecule has 21 heavy (non-hydrogen) atoms. The van der Waals surface area contributed by atoms with Gasteiger partial charge in [-0.25, -0.2) is 0 Å². The molecule has 0 unspecified atom stereocenters. The normalized spacial score (nSPS) is 11.0. The SMILES string of the molecule is O=c1c2ccncc2n(-c2ccccc2)c2cnccc12. The highest BCUT2D eigenvalue weighted by Crippen LogP contribution is 2.22. The highest BCUT2D eigenvalue weighted by atomic mass is 16.1. The number of aromatic nitrogens is 3. The summed E-state index contributed by atoms with van der Waals surface area (Å²) in [5.74, 6) is 0. The average molecular weight is 273 g/mol. The maximum absolute atomic E-state index is 12.6. The molecule has 0 saturated heterocycles. The fraction of sp³-hybridized carbons (Fsp3) is 0. The summed E-state index contributed by atoms with van der Waals surface area (Å²) in [4.78, 5) is 20.9. The van der Waals surface area contributed by atoms with E-state index in [2.05, 4.69) is 9.97 Å². The highest BCUT2D eigenvalue weighted by molar-refractivity contribution is 5.94. The molecule has 1 aromatic carbocycles. The first kappa shape index (κ1) is 11.8. The Balaban J connectivity index is 2.31. The first-order valence-corrected chi connectivity index (χ1v) is 6.64. The van der Waals surface area contributed by atoms with E-state index in [0.717, 1.165) is 16.7 Å². The Hall–Kier alpha value is -3.01. The van der Waals surface area contributed by atoms with Gasteiger partial charge in [-0.1, -0.05) is 18.2 Å². The minimum atomic E-state index is 0.0111. The van der Waals surface area contributed by atoms with Crippen LogP contribution in [-0.2, 0) is 0 Å². The van der Waals surface area contributed by atoms with Gasteiger partial charge in [0.25, 0.3) is 0 Å². The Morgan fingerprint density at radius 3 is 1.90 bits per heavy atom. The van der Waals surface area contributed by atoms with Crippen LogP contribution >= 0.6 is 0 Å². The van der Waals surface area contributed by atoms with Crippen molar-refractivity contribution in [3.05, 3.63) is 77.5 Å². The minimum absolute atomic E-state index is 0.0111. The lowest BCUT2D eigenvalue weighted by Gasteiger charge is -2.14. The van der Waals surface area contributed by atoms with Crippen molar-refractivity contribution in [3.8, 4) is 5.69 Å². The predicted octanol–water partition coefficient (Wildman–Crippen LogP) is 2.93. The number of hydrogen-bond acceptors (Lipinski definition) is 3. The fourth-order valence-electron chi connectivity index (χ4n) is 2.64. The van der Waals surface area contributed by atoms with Gasteiger partial charge >= 0.3 is 0 Å². The van der Waals surface area contributed by atoms with Crippen molar-refractivity contribution in [2.75, 3.05) is 0 Å². The molecule has 3 aromatic heterocycles. The summed E-state index contributed by atoms with van der Waals surface area (Å²) in [7, 11) is 0. The van der Waals surface area contributed by atoms with Crippen molar-refractivity contribution < 1.29 is 0 Å². The van der Waals surface area contributed by atoms with Crippen LogP contribution in [0.5, 0.6) is 0 Å².